The van der Waals surface area contributed by atoms with Gasteiger partial charge in [-0.25, -0.2) is 4.98 Å². The van der Waals surface area contributed by atoms with Crippen LogP contribution in [0.3, 0.4) is 0 Å². The summed E-state index contributed by atoms with van der Waals surface area (Å²) in [5, 5.41) is 14.9. The minimum Gasteiger partial charge on any atom is -0.618 e. The number of aromatic amines is 1. The van der Waals surface area contributed by atoms with E-state index in [1.165, 1.54) is 12.3 Å². The Morgan fingerprint density at radius 2 is 1.78 bits per heavy atom. The van der Waals surface area contributed by atoms with Gasteiger partial charge in [0, 0.05) is 12.1 Å². The van der Waals surface area contributed by atoms with Crippen LogP contribution in [0, 0.1) is 5.21 Å². The molecule has 1 atom stereocenters. The van der Waals surface area contributed by atoms with E-state index in [2.05, 4.69) is 15.3 Å². The van der Waals surface area contributed by atoms with Crippen molar-refractivity contribution in [2.75, 3.05) is 0 Å². The number of aromatic nitrogens is 3. The Morgan fingerprint density at radius 1 is 1.04 bits per heavy atom. The molecule has 0 bridgehead atoms. The van der Waals surface area contributed by atoms with Crippen LogP contribution in [0.25, 0.3) is 11.0 Å². The first kappa shape index (κ1) is 16.8. The fourth-order valence-electron chi connectivity index (χ4n) is 3.04. The fourth-order valence-corrected chi connectivity index (χ4v) is 3.04. The quantitative estimate of drug-likeness (QED) is 0.425. The molecule has 0 spiro atoms. The molecule has 1 amide bonds. The molecule has 2 N–H and O–H groups in total. The number of benzene rings is 2. The Hall–Kier alpha value is -3.67. The average Bonchev–Trinajstić information content (AvgIpc) is 3.13. The molecule has 0 saturated carbocycles. The number of imidazole rings is 1. The minimum absolute atomic E-state index is 0.0478. The SMILES string of the molecule is O=C(N[C@@H](Cc1ccccc1)c1nc2ccccc2[nH]1)c1cccc[n+]1[O-]. The molecule has 2 heterocycles. The highest BCUT2D eigenvalue weighted by molar-refractivity contribution is 5.91. The summed E-state index contributed by atoms with van der Waals surface area (Å²) in [6, 6.07) is 21.9. The number of nitrogens with one attached hydrogen (secondary N) is 2. The molecule has 6 heteroatoms. The number of rotatable bonds is 5. The van der Waals surface area contributed by atoms with Crippen LogP contribution in [0.5, 0.6) is 0 Å². The van der Waals surface area contributed by atoms with Crippen molar-refractivity contribution in [2.45, 2.75) is 12.5 Å². The second kappa shape index (κ2) is 7.29. The van der Waals surface area contributed by atoms with Crippen LogP contribution in [-0.2, 0) is 6.42 Å². The smallest absolute Gasteiger partial charge is 0.318 e. The molecule has 2 aromatic carbocycles. The van der Waals surface area contributed by atoms with E-state index >= 15 is 0 Å². The molecular formula is C21H18N4O2. The number of H-pyrrole nitrogens is 1. The van der Waals surface area contributed by atoms with Crippen LogP contribution in [0.4, 0.5) is 0 Å². The lowest BCUT2D eigenvalue weighted by Crippen LogP contribution is -2.41. The number of carbonyl (C=O) groups is 1. The Kier molecular flexibility index (Phi) is 4.53. The summed E-state index contributed by atoms with van der Waals surface area (Å²) in [6.45, 7) is 0. The Bertz CT molecular complexity index is 1040. The summed E-state index contributed by atoms with van der Waals surface area (Å²) in [5.74, 6) is 0.216. The summed E-state index contributed by atoms with van der Waals surface area (Å²) < 4.78 is 0.563. The van der Waals surface area contributed by atoms with E-state index in [-0.39, 0.29) is 5.69 Å². The average molecular weight is 358 g/mol. The molecule has 2 aromatic heterocycles. The van der Waals surface area contributed by atoms with Gasteiger partial charge in [0.2, 0.25) is 0 Å². The fraction of sp³-hybridized carbons (Fsp3) is 0.0952. The van der Waals surface area contributed by atoms with Gasteiger partial charge < -0.3 is 15.5 Å². The zero-order valence-corrected chi connectivity index (χ0v) is 14.5. The van der Waals surface area contributed by atoms with Crippen LogP contribution in [-0.4, -0.2) is 15.9 Å². The number of pyridine rings is 1. The van der Waals surface area contributed by atoms with Crippen LogP contribution in [0.1, 0.15) is 27.9 Å². The summed E-state index contributed by atoms with van der Waals surface area (Å²) in [5.41, 5.74) is 2.84. The molecule has 0 fully saturated rings. The molecular weight excluding hydrogens is 340 g/mol. The first-order valence-electron chi connectivity index (χ1n) is 8.68. The van der Waals surface area contributed by atoms with Crippen molar-refractivity contribution in [3.63, 3.8) is 0 Å². The summed E-state index contributed by atoms with van der Waals surface area (Å²) in [7, 11) is 0. The zero-order valence-electron chi connectivity index (χ0n) is 14.5. The Balaban J connectivity index is 1.67. The maximum atomic E-state index is 12.7. The number of hydrogen-bond acceptors (Lipinski definition) is 3. The third-order valence-corrected chi connectivity index (χ3v) is 4.38. The van der Waals surface area contributed by atoms with Gasteiger partial charge in [0.15, 0.2) is 6.20 Å². The maximum absolute atomic E-state index is 12.7. The first-order chi connectivity index (χ1) is 13.2. The highest BCUT2D eigenvalue weighted by atomic mass is 16.5. The van der Waals surface area contributed by atoms with Gasteiger partial charge in [0.05, 0.1) is 17.1 Å². The van der Waals surface area contributed by atoms with E-state index in [0.717, 1.165) is 16.6 Å². The highest BCUT2D eigenvalue weighted by Gasteiger charge is 2.23. The molecule has 0 aliphatic carbocycles. The highest BCUT2D eigenvalue weighted by Crippen LogP contribution is 2.20. The number of amides is 1. The van der Waals surface area contributed by atoms with Crippen molar-refractivity contribution in [3.05, 3.63) is 101 Å². The van der Waals surface area contributed by atoms with E-state index in [9.17, 15) is 10.0 Å². The predicted molar refractivity (Wildman–Crippen MR) is 102 cm³/mol. The van der Waals surface area contributed by atoms with E-state index in [1.54, 1.807) is 12.1 Å². The predicted octanol–water partition coefficient (Wildman–Crippen LogP) is 2.91. The molecule has 134 valence electrons. The molecule has 0 aliphatic rings. The largest absolute Gasteiger partial charge is 0.618 e. The van der Waals surface area contributed by atoms with Gasteiger partial charge in [-0.15, -0.1) is 0 Å². The second-order valence-corrected chi connectivity index (χ2v) is 6.27. The molecule has 4 rings (SSSR count). The number of fused-ring (bicyclic) bond motifs is 1. The van der Waals surface area contributed by atoms with Gasteiger partial charge in [-0.2, -0.15) is 4.73 Å². The van der Waals surface area contributed by atoms with Crippen LogP contribution in [0.2, 0.25) is 0 Å². The monoisotopic (exact) mass is 358 g/mol. The summed E-state index contributed by atoms with van der Waals surface area (Å²) >= 11 is 0. The van der Waals surface area contributed by atoms with Crippen LogP contribution < -0.4 is 10.0 Å². The molecule has 0 unspecified atom stereocenters. The zero-order chi connectivity index (χ0) is 18.6. The van der Waals surface area contributed by atoms with E-state index in [1.807, 2.05) is 54.6 Å². The lowest BCUT2D eigenvalue weighted by molar-refractivity contribution is -0.607. The van der Waals surface area contributed by atoms with E-state index in [4.69, 9.17) is 0 Å². The van der Waals surface area contributed by atoms with Crippen molar-refractivity contribution in [1.82, 2.24) is 15.3 Å². The number of para-hydroxylation sites is 2. The van der Waals surface area contributed by atoms with Crippen molar-refractivity contribution >= 4 is 16.9 Å². The van der Waals surface area contributed by atoms with Gasteiger partial charge in [0.1, 0.15) is 5.82 Å². The lowest BCUT2D eigenvalue weighted by Gasteiger charge is -2.16. The standard InChI is InChI=1S/C21H18N4O2/c26-21(19-12-6-7-13-25(19)27)24-18(14-15-8-2-1-3-9-15)20-22-16-10-4-5-11-17(16)23-20/h1-13,18H,14H2,(H,22,23)(H,24,26)/t18-/m0/s1. The topological polar surface area (TPSA) is 84.7 Å². The number of nitrogens with zero attached hydrogens (tertiary/aromatic N) is 2. The number of carbonyl (C=O) groups excluding carboxylic acids is 1. The summed E-state index contributed by atoms with van der Waals surface area (Å²) in [4.78, 5) is 20.6. The Morgan fingerprint density at radius 3 is 2.56 bits per heavy atom. The maximum Gasteiger partial charge on any atom is 0.318 e. The van der Waals surface area contributed by atoms with E-state index < -0.39 is 11.9 Å². The van der Waals surface area contributed by atoms with Crippen molar-refractivity contribution in [3.8, 4) is 0 Å². The van der Waals surface area contributed by atoms with Gasteiger partial charge in [-0.05, 0) is 30.2 Å². The third kappa shape index (κ3) is 3.64. The Labute approximate surface area is 156 Å². The van der Waals surface area contributed by atoms with Crippen LogP contribution >= 0.6 is 0 Å². The van der Waals surface area contributed by atoms with Gasteiger partial charge in [0.25, 0.3) is 5.69 Å². The van der Waals surface area contributed by atoms with E-state index in [0.29, 0.717) is 17.0 Å². The van der Waals surface area contributed by atoms with Gasteiger partial charge >= 0.3 is 5.91 Å². The second-order valence-electron chi connectivity index (χ2n) is 6.27. The normalized spacial score (nSPS) is 12.0. The minimum atomic E-state index is -0.438. The molecule has 0 saturated heterocycles. The first-order valence-corrected chi connectivity index (χ1v) is 8.68. The summed E-state index contributed by atoms with van der Waals surface area (Å²) in [6.07, 6.45) is 1.86. The molecule has 27 heavy (non-hydrogen) atoms. The molecule has 0 aliphatic heterocycles. The van der Waals surface area contributed by atoms with Gasteiger partial charge in [-0.3, -0.25) is 4.79 Å². The van der Waals surface area contributed by atoms with Crippen molar-refractivity contribution in [1.29, 1.82) is 0 Å². The molecule has 6 nitrogen and oxygen atoms in total. The molecule has 0 radical (unpaired) electrons. The van der Waals surface area contributed by atoms with Crippen molar-refractivity contribution in [2.24, 2.45) is 0 Å². The lowest BCUT2D eigenvalue weighted by atomic mass is 10.1. The van der Waals surface area contributed by atoms with Crippen LogP contribution in [0.15, 0.2) is 79.0 Å². The van der Waals surface area contributed by atoms with Crippen molar-refractivity contribution < 1.29 is 9.52 Å². The number of hydrogen-bond donors (Lipinski definition) is 2. The molecule has 4 aromatic rings. The third-order valence-electron chi connectivity index (χ3n) is 4.38. The van der Waals surface area contributed by atoms with Gasteiger partial charge in [-0.1, -0.05) is 42.5 Å².